The molecule has 0 amide bonds. The lowest BCUT2D eigenvalue weighted by molar-refractivity contribution is -0.890. The van der Waals surface area contributed by atoms with Crippen molar-refractivity contribution in [2.75, 3.05) is 40.4 Å². The Kier molecular flexibility index (Phi) is 6.39. The molecule has 0 atom stereocenters. The quantitative estimate of drug-likeness (QED) is 0.423. The van der Waals surface area contributed by atoms with Crippen LogP contribution >= 0.6 is 0 Å². The molecule has 2 heteroatoms. The fourth-order valence-electron chi connectivity index (χ4n) is 1.15. The summed E-state index contributed by atoms with van der Waals surface area (Å²) in [5, 5.41) is 0. The fraction of sp³-hybridized carbons (Fsp3) is 1.00. The summed E-state index contributed by atoms with van der Waals surface area (Å²) in [4.78, 5) is 0. The average molecular weight is 174 g/mol. The third-order valence-electron chi connectivity index (χ3n) is 2.16. The summed E-state index contributed by atoms with van der Waals surface area (Å²) in [6.45, 7) is 8.42. The lowest BCUT2D eigenvalue weighted by atomic mass is 10.3. The van der Waals surface area contributed by atoms with E-state index in [1.54, 1.807) is 0 Å². The van der Waals surface area contributed by atoms with E-state index in [0.717, 1.165) is 24.2 Å². The number of hydrogen-bond acceptors (Lipinski definition) is 1. The Hall–Kier alpha value is -0.0800. The molecule has 74 valence electrons. The molecular weight excluding hydrogens is 150 g/mol. The van der Waals surface area contributed by atoms with Gasteiger partial charge in [0.2, 0.25) is 0 Å². The first-order chi connectivity index (χ1) is 5.62. The van der Waals surface area contributed by atoms with E-state index < -0.39 is 0 Å². The van der Waals surface area contributed by atoms with E-state index in [0.29, 0.717) is 0 Å². The minimum Gasteiger partial charge on any atom is -0.376 e. The van der Waals surface area contributed by atoms with Gasteiger partial charge in [0.25, 0.3) is 0 Å². The molecule has 0 fully saturated rings. The van der Waals surface area contributed by atoms with Crippen LogP contribution in [0.3, 0.4) is 0 Å². The highest BCUT2D eigenvalue weighted by Crippen LogP contribution is 2.00. The minimum absolute atomic E-state index is 0.841. The summed E-state index contributed by atoms with van der Waals surface area (Å²) in [7, 11) is 4.54. The number of quaternary nitrogens is 1. The lowest BCUT2D eigenvalue weighted by Crippen LogP contribution is -2.43. The third-order valence-corrected chi connectivity index (χ3v) is 2.16. The summed E-state index contributed by atoms with van der Waals surface area (Å²) < 4.78 is 6.42. The monoisotopic (exact) mass is 174 g/mol. The molecule has 0 spiro atoms. The first-order valence-corrected chi connectivity index (χ1v) is 5.02. The van der Waals surface area contributed by atoms with Gasteiger partial charge in [0.05, 0.1) is 27.2 Å². The standard InChI is InChI=1S/C10H24NO/c1-5-7-8-11(3,4)9-10-12-6-2/h5-10H2,1-4H3/q+1. The maximum Gasteiger partial charge on any atom is 0.102 e. The maximum atomic E-state index is 5.33. The predicted molar refractivity (Wildman–Crippen MR) is 53.2 cm³/mol. The Balaban J connectivity index is 3.42. The molecule has 0 aromatic carbocycles. The van der Waals surface area contributed by atoms with Crippen molar-refractivity contribution < 1.29 is 9.22 Å². The summed E-state index contributed by atoms with van der Waals surface area (Å²) in [6, 6.07) is 0. The molecule has 0 aliphatic rings. The van der Waals surface area contributed by atoms with Crippen molar-refractivity contribution in [3.63, 3.8) is 0 Å². The normalized spacial score (nSPS) is 12.0. The zero-order valence-electron chi connectivity index (χ0n) is 9.10. The van der Waals surface area contributed by atoms with Gasteiger partial charge in [-0.05, 0) is 13.3 Å². The van der Waals surface area contributed by atoms with Crippen LogP contribution in [0.4, 0.5) is 0 Å². The van der Waals surface area contributed by atoms with E-state index in [2.05, 4.69) is 21.0 Å². The summed E-state index contributed by atoms with van der Waals surface area (Å²) in [6.07, 6.45) is 2.61. The molecule has 0 bridgehead atoms. The van der Waals surface area contributed by atoms with Crippen molar-refractivity contribution in [2.45, 2.75) is 26.7 Å². The van der Waals surface area contributed by atoms with Crippen LogP contribution in [0.1, 0.15) is 26.7 Å². The summed E-state index contributed by atoms with van der Waals surface area (Å²) in [5.74, 6) is 0. The van der Waals surface area contributed by atoms with Crippen LogP contribution in [0, 0.1) is 0 Å². The Bertz CT molecular complexity index is 102. The second kappa shape index (κ2) is 6.44. The van der Waals surface area contributed by atoms with Crippen molar-refractivity contribution >= 4 is 0 Å². The first kappa shape index (κ1) is 11.9. The fourth-order valence-corrected chi connectivity index (χ4v) is 1.15. The van der Waals surface area contributed by atoms with Gasteiger partial charge in [-0.15, -0.1) is 0 Å². The van der Waals surface area contributed by atoms with Gasteiger partial charge in [-0.1, -0.05) is 13.3 Å². The maximum absolute atomic E-state index is 5.33. The molecule has 0 aliphatic carbocycles. The average Bonchev–Trinajstić information content (AvgIpc) is 2.01. The molecule has 2 nitrogen and oxygen atoms in total. The number of ether oxygens (including phenoxy) is 1. The van der Waals surface area contributed by atoms with E-state index in [1.165, 1.54) is 19.4 Å². The molecular formula is C10H24NO+. The van der Waals surface area contributed by atoms with Crippen LogP contribution in [0.15, 0.2) is 0 Å². The number of rotatable bonds is 7. The van der Waals surface area contributed by atoms with E-state index in [9.17, 15) is 0 Å². The van der Waals surface area contributed by atoms with Gasteiger partial charge < -0.3 is 9.22 Å². The third kappa shape index (κ3) is 6.62. The van der Waals surface area contributed by atoms with Crippen LogP contribution in [-0.4, -0.2) is 44.9 Å². The molecule has 0 saturated carbocycles. The van der Waals surface area contributed by atoms with Crippen LogP contribution < -0.4 is 0 Å². The van der Waals surface area contributed by atoms with Gasteiger partial charge in [-0.25, -0.2) is 0 Å². The van der Waals surface area contributed by atoms with Gasteiger partial charge in [0, 0.05) is 6.61 Å². The second-order valence-electron chi connectivity index (χ2n) is 3.93. The van der Waals surface area contributed by atoms with Gasteiger partial charge in [0.1, 0.15) is 6.54 Å². The highest BCUT2D eigenvalue weighted by Gasteiger charge is 2.12. The highest BCUT2D eigenvalue weighted by atomic mass is 16.5. The lowest BCUT2D eigenvalue weighted by Gasteiger charge is -2.29. The smallest absolute Gasteiger partial charge is 0.102 e. The second-order valence-corrected chi connectivity index (χ2v) is 3.93. The predicted octanol–water partition coefficient (Wildman–Crippen LogP) is 1.90. The molecule has 0 aromatic heterocycles. The van der Waals surface area contributed by atoms with E-state index in [-0.39, 0.29) is 0 Å². The van der Waals surface area contributed by atoms with Crippen molar-refractivity contribution in [1.29, 1.82) is 0 Å². The SMILES string of the molecule is CCCC[N+](C)(C)CCOCC. The van der Waals surface area contributed by atoms with Crippen LogP contribution in [0.5, 0.6) is 0 Å². The minimum atomic E-state index is 0.841. The Labute approximate surface area is 77.1 Å². The number of nitrogens with zero attached hydrogens (tertiary/aromatic N) is 1. The van der Waals surface area contributed by atoms with Crippen LogP contribution in [-0.2, 0) is 4.74 Å². The van der Waals surface area contributed by atoms with Gasteiger partial charge >= 0.3 is 0 Å². The molecule has 0 N–H and O–H groups in total. The molecule has 0 heterocycles. The van der Waals surface area contributed by atoms with Crippen LogP contribution in [0.25, 0.3) is 0 Å². The van der Waals surface area contributed by atoms with Gasteiger partial charge in [-0.2, -0.15) is 0 Å². The zero-order chi connectivity index (χ0) is 9.45. The van der Waals surface area contributed by atoms with Gasteiger partial charge in [0.15, 0.2) is 0 Å². The molecule has 0 aliphatic heterocycles. The molecule has 0 radical (unpaired) electrons. The summed E-state index contributed by atoms with van der Waals surface area (Å²) >= 11 is 0. The zero-order valence-corrected chi connectivity index (χ0v) is 9.10. The van der Waals surface area contributed by atoms with E-state index in [4.69, 9.17) is 4.74 Å². The Morgan fingerprint density at radius 1 is 1.08 bits per heavy atom. The van der Waals surface area contributed by atoms with Crippen molar-refractivity contribution in [2.24, 2.45) is 0 Å². The van der Waals surface area contributed by atoms with Crippen molar-refractivity contribution in [1.82, 2.24) is 0 Å². The largest absolute Gasteiger partial charge is 0.376 e. The number of hydrogen-bond donors (Lipinski definition) is 0. The molecule has 0 saturated heterocycles. The van der Waals surface area contributed by atoms with E-state index >= 15 is 0 Å². The topological polar surface area (TPSA) is 9.23 Å². The molecule has 0 aromatic rings. The molecule has 0 rings (SSSR count). The number of unbranched alkanes of at least 4 members (excludes halogenated alkanes) is 1. The summed E-state index contributed by atoms with van der Waals surface area (Å²) in [5.41, 5.74) is 0. The van der Waals surface area contributed by atoms with E-state index in [1.807, 2.05) is 6.92 Å². The number of likely N-dealkylation sites (N-methyl/N-ethyl adjacent to an activating group) is 1. The molecule has 12 heavy (non-hydrogen) atoms. The van der Waals surface area contributed by atoms with Crippen molar-refractivity contribution in [3.05, 3.63) is 0 Å². The Morgan fingerprint density at radius 3 is 2.25 bits per heavy atom. The van der Waals surface area contributed by atoms with Gasteiger partial charge in [-0.3, -0.25) is 0 Å². The first-order valence-electron chi connectivity index (χ1n) is 5.02. The van der Waals surface area contributed by atoms with Crippen LogP contribution in [0.2, 0.25) is 0 Å². The highest BCUT2D eigenvalue weighted by molar-refractivity contribution is 4.36. The van der Waals surface area contributed by atoms with Crippen molar-refractivity contribution in [3.8, 4) is 0 Å². The molecule has 0 unspecified atom stereocenters. The Morgan fingerprint density at radius 2 is 1.75 bits per heavy atom.